The number of aryl methyl sites for hydroxylation is 1. The van der Waals surface area contributed by atoms with Crippen molar-refractivity contribution in [2.45, 2.75) is 53.7 Å². The molecule has 1 unspecified atom stereocenters. The first-order valence-corrected chi connectivity index (χ1v) is 10.0. The zero-order valence-electron chi connectivity index (χ0n) is 17.9. The molecule has 0 radical (unpaired) electrons. The van der Waals surface area contributed by atoms with Crippen molar-refractivity contribution in [3.8, 4) is 5.75 Å². The standard InChI is InChI=1S/C23H33N3O2/c1-7-26(8-2)19-13-14-21(17(5)15-19)25-23(27)24-18(6)28-22-12-10-9-11-20(22)16(3)4/h9-16,18H,7-8H2,1-6H3,(H2,24,25,27). The Morgan fingerprint density at radius 3 is 2.36 bits per heavy atom. The summed E-state index contributed by atoms with van der Waals surface area (Å²) in [6, 6.07) is 13.7. The topological polar surface area (TPSA) is 53.6 Å². The van der Waals surface area contributed by atoms with E-state index in [9.17, 15) is 4.79 Å². The summed E-state index contributed by atoms with van der Waals surface area (Å²) in [7, 11) is 0. The van der Waals surface area contributed by atoms with Crippen LogP contribution in [0.3, 0.4) is 0 Å². The molecule has 0 saturated heterocycles. The van der Waals surface area contributed by atoms with Crippen LogP contribution in [0.1, 0.15) is 51.7 Å². The molecule has 2 aromatic rings. The second-order valence-electron chi connectivity index (χ2n) is 7.22. The number of nitrogens with one attached hydrogen (secondary N) is 2. The minimum absolute atomic E-state index is 0.284. The van der Waals surface area contributed by atoms with Crippen LogP contribution in [0.5, 0.6) is 5.75 Å². The van der Waals surface area contributed by atoms with E-state index in [1.807, 2.05) is 50.2 Å². The number of amides is 2. The number of urea groups is 1. The van der Waals surface area contributed by atoms with Crippen molar-refractivity contribution in [3.63, 3.8) is 0 Å². The van der Waals surface area contributed by atoms with Gasteiger partial charge >= 0.3 is 6.03 Å². The van der Waals surface area contributed by atoms with E-state index in [-0.39, 0.29) is 6.03 Å². The Hall–Kier alpha value is -2.69. The maximum Gasteiger partial charge on any atom is 0.322 e. The van der Waals surface area contributed by atoms with Crippen LogP contribution in [0.4, 0.5) is 16.2 Å². The van der Waals surface area contributed by atoms with Gasteiger partial charge < -0.3 is 20.3 Å². The van der Waals surface area contributed by atoms with Gasteiger partial charge in [0.15, 0.2) is 6.23 Å². The number of para-hydroxylation sites is 1. The van der Waals surface area contributed by atoms with Gasteiger partial charge in [0, 0.05) is 24.5 Å². The van der Waals surface area contributed by atoms with Gasteiger partial charge in [0.2, 0.25) is 0 Å². The van der Waals surface area contributed by atoms with Crippen LogP contribution in [0.15, 0.2) is 42.5 Å². The molecule has 5 nitrogen and oxygen atoms in total. The largest absolute Gasteiger partial charge is 0.471 e. The van der Waals surface area contributed by atoms with E-state index in [4.69, 9.17) is 4.74 Å². The molecule has 0 aliphatic carbocycles. The number of carbonyl (C=O) groups excluding carboxylic acids is 1. The highest BCUT2D eigenvalue weighted by molar-refractivity contribution is 5.90. The molecule has 2 amide bonds. The highest BCUT2D eigenvalue weighted by Gasteiger charge is 2.13. The Morgan fingerprint density at radius 1 is 1.07 bits per heavy atom. The van der Waals surface area contributed by atoms with Gasteiger partial charge in [-0.05, 0) is 69.0 Å². The van der Waals surface area contributed by atoms with Gasteiger partial charge in [0.25, 0.3) is 0 Å². The molecular weight excluding hydrogens is 350 g/mol. The quantitative estimate of drug-likeness (QED) is 0.591. The minimum Gasteiger partial charge on any atom is -0.471 e. The monoisotopic (exact) mass is 383 g/mol. The van der Waals surface area contributed by atoms with Crippen molar-refractivity contribution in [2.24, 2.45) is 0 Å². The van der Waals surface area contributed by atoms with E-state index < -0.39 is 6.23 Å². The average Bonchev–Trinajstić information content (AvgIpc) is 2.65. The first kappa shape index (κ1) is 21.6. The Labute approximate surface area is 169 Å². The summed E-state index contributed by atoms with van der Waals surface area (Å²) in [4.78, 5) is 14.7. The van der Waals surface area contributed by atoms with E-state index in [0.717, 1.165) is 41.3 Å². The summed E-state index contributed by atoms with van der Waals surface area (Å²) in [6.07, 6.45) is -0.449. The van der Waals surface area contributed by atoms with Crippen LogP contribution in [-0.2, 0) is 0 Å². The zero-order valence-corrected chi connectivity index (χ0v) is 17.9. The van der Waals surface area contributed by atoms with Crippen LogP contribution in [0, 0.1) is 6.92 Å². The number of ether oxygens (including phenoxy) is 1. The molecule has 2 rings (SSSR count). The Morgan fingerprint density at radius 2 is 1.75 bits per heavy atom. The van der Waals surface area contributed by atoms with Crippen molar-refractivity contribution in [1.82, 2.24) is 5.32 Å². The van der Waals surface area contributed by atoms with Crippen LogP contribution < -0.4 is 20.3 Å². The van der Waals surface area contributed by atoms with Gasteiger partial charge in [-0.2, -0.15) is 0 Å². The lowest BCUT2D eigenvalue weighted by Gasteiger charge is -2.23. The maximum absolute atomic E-state index is 12.4. The van der Waals surface area contributed by atoms with Gasteiger partial charge in [-0.25, -0.2) is 4.79 Å². The van der Waals surface area contributed by atoms with Crippen LogP contribution >= 0.6 is 0 Å². The molecule has 0 heterocycles. The van der Waals surface area contributed by atoms with Crippen molar-refractivity contribution in [1.29, 1.82) is 0 Å². The predicted molar refractivity (Wildman–Crippen MR) is 118 cm³/mol. The summed E-state index contributed by atoms with van der Waals surface area (Å²) in [6.45, 7) is 14.3. The van der Waals surface area contributed by atoms with Crippen molar-refractivity contribution in [3.05, 3.63) is 53.6 Å². The summed E-state index contributed by atoms with van der Waals surface area (Å²) in [5.41, 5.74) is 4.11. The van der Waals surface area contributed by atoms with E-state index in [2.05, 4.69) is 49.3 Å². The molecule has 28 heavy (non-hydrogen) atoms. The lowest BCUT2D eigenvalue weighted by atomic mass is 10.0. The Kier molecular flexibility index (Phi) is 7.73. The van der Waals surface area contributed by atoms with Crippen molar-refractivity contribution < 1.29 is 9.53 Å². The fraction of sp³-hybridized carbons (Fsp3) is 0.435. The van der Waals surface area contributed by atoms with Gasteiger partial charge in [-0.3, -0.25) is 0 Å². The number of anilines is 2. The fourth-order valence-corrected chi connectivity index (χ4v) is 3.20. The number of nitrogens with zero attached hydrogens (tertiary/aromatic N) is 1. The molecule has 0 aliphatic rings. The van der Waals surface area contributed by atoms with Gasteiger partial charge in [-0.1, -0.05) is 32.0 Å². The van der Waals surface area contributed by atoms with Crippen molar-refractivity contribution in [2.75, 3.05) is 23.3 Å². The second-order valence-corrected chi connectivity index (χ2v) is 7.22. The van der Waals surface area contributed by atoms with E-state index in [1.54, 1.807) is 0 Å². The normalized spacial score (nSPS) is 11.8. The van der Waals surface area contributed by atoms with Gasteiger partial charge in [0.05, 0.1) is 0 Å². The third-order valence-electron chi connectivity index (χ3n) is 4.77. The molecule has 0 aliphatic heterocycles. The summed E-state index contributed by atoms with van der Waals surface area (Å²) >= 11 is 0. The first-order chi connectivity index (χ1) is 13.3. The molecule has 2 N–H and O–H groups in total. The molecule has 0 spiro atoms. The number of benzene rings is 2. The smallest absolute Gasteiger partial charge is 0.322 e. The van der Waals surface area contributed by atoms with E-state index in [0.29, 0.717) is 5.92 Å². The van der Waals surface area contributed by atoms with Crippen LogP contribution in [0.25, 0.3) is 0 Å². The third-order valence-corrected chi connectivity index (χ3v) is 4.77. The van der Waals surface area contributed by atoms with Crippen LogP contribution in [-0.4, -0.2) is 25.3 Å². The Bertz CT molecular complexity index is 785. The molecule has 5 heteroatoms. The lowest BCUT2D eigenvalue weighted by molar-refractivity contribution is 0.181. The van der Waals surface area contributed by atoms with Gasteiger partial charge in [-0.15, -0.1) is 0 Å². The summed E-state index contributed by atoms with van der Waals surface area (Å²) < 4.78 is 5.95. The van der Waals surface area contributed by atoms with E-state index >= 15 is 0 Å². The number of hydrogen-bond donors (Lipinski definition) is 2. The zero-order chi connectivity index (χ0) is 20.7. The third kappa shape index (κ3) is 5.65. The summed E-state index contributed by atoms with van der Waals surface area (Å²) in [5, 5.41) is 5.77. The predicted octanol–water partition coefficient (Wildman–Crippen LogP) is 5.51. The molecular formula is C23H33N3O2. The van der Waals surface area contributed by atoms with Gasteiger partial charge in [0.1, 0.15) is 5.75 Å². The van der Waals surface area contributed by atoms with Crippen LogP contribution in [0.2, 0.25) is 0 Å². The molecule has 0 saturated carbocycles. The maximum atomic E-state index is 12.4. The molecule has 2 aromatic carbocycles. The van der Waals surface area contributed by atoms with Crippen molar-refractivity contribution >= 4 is 17.4 Å². The highest BCUT2D eigenvalue weighted by Crippen LogP contribution is 2.26. The SMILES string of the molecule is CCN(CC)c1ccc(NC(=O)NC(C)Oc2ccccc2C(C)C)c(C)c1. The minimum atomic E-state index is -0.449. The van der Waals surface area contributed by atoms with E-state index in [1.165, 1.54) is 0 Å². The summed E-state index contributed by atoms with van der Waals surface area (Å²) in [5.74, 6) is 1.15. The second kappa shape index (κ2) is 10.0. The molecule has 1 atom stereocenters. The average molecular weight is 384 g/mol. The number of carbonyl (C=O) groups is 1. The molecule has 0 bridgehead atoms. The molecule has 0 fully saturated rings. The first-order valence-electron chi connectivity index (χ1n) is 10.0. The highest BCUT2D eigenvalue weighted by atomic mass is 16.5. The lowest BCUT2D eigenvalue weighted by Crippen LogP contribution is -2.39. The molecule has 152 valence electrons. The fourth-order valence-electron chi connectivity index (χ4n) is 3.20. The Balaban J connectivity index is 1.98. The number of hydrogen-bond acceptors (Lipinski definition) is 3. The molecule has 0 aromatic heterocycles. The number of rotatable bonds is 8.